The first-order chi connectivity index (χ1) is 8.00. The van der Waals surface area contributed by atoms with Crippen LogP contribution in [0.5, 0.6) is 0 Å². The number of aryl methyl sites for hydroxylation is 1. The standard InChI is InChI=1S/C11H14N4O2.Y/c1-6-3-13-11(12)9-10(6)15(5-14-9)4-8(17)7(2)16;/h3-5,7-8,16-17H,2H2,1H3,(H2,12,13);/q-2;/t7-,8+;/m1./s1. The number of hydrogen-bond donors (Lipinski definition) is 3. The molecule has 2 heterocycles. The topological polar surface area (TPSA) is 97.2 Å². The molecule has 0 unspecified atom stereocenters. The first kappa shape index (κ1) is 15.4. The van der Waals surface area contributed by atoms with Crippen molar-refractivity contribution in [3.63, 3.8) is 0 Å². The third-order valence-corrected chi connectivity index (χ3v) is 2.51. The van der Waals surface area contributed by atoms with Crippen LogP contribution in [0.4, 0.5) is 5.82 Å². The Morgan fingerprint density at radius 1 is 1.44 bits per heavy atom. The molecule has 7 heteroatoms. The van der Waals surface area contributed by atoms with E-state index in [2.05, 4.69) is 16.9 Å². The number of imidazole rings is 1. The minimum atomic E-state index is -1.09. The van der Waals surface area contributed by atoms with Gasteiger partial charge in [0.25, 0.3) is 0 Å². The van der Waals surface area contributed by atoms with Crippen LogP contribution in [0.25, 0.3) is 11.0 Å². The summed E-state index contributed by atoms with van der Waals surface area (Å²) in [6.07, 6.45) is 0.992. The van der Waals surface area contributed by atoms with E-state index in [4.69, 9.17) is 10.8 Å². The van der Waals surface area contributed by atoms with Crippen molar-refractivity contribution in [2.75, 3.05) is 5.73 Å². The molecule has 0 aromatic carbocycles. The summed E-state index contributed by atoms with van der Waals surface area (Å²) in [5.41, 5.74) is 7.92. The molecule has 2 aromatic heterocycles. The second-order valence-corrected chi connectivity index (χ2v) is 3.88. The van der Waals surface area contributed by atoms with Gasteiger partial charge in [-0.25, -0.2) is 4.98 Å². The van der Waals surface area contributed by atoms with E-state index in [0.29, 0.717) is 11.3 Å². The smallest absolute Gasteiger partial charge is 0.137 e. The summed E-state index contributed by atoms with van der Waals surface area (Å²) in [4.78, 5) is 8.12. The van der Waals surface area contributed by atoms with Crippen LogP contribution in [0.2, 0.25) is 0 Å². The Kier molecular flexibility index (Phi) is 5.10. The van der Waals surface area contributed by atoms with Crippen molar-refractivity contribution < 1.29 is 42.9 Å². The van der Waals surface area contributed by atoms with E-state index in [0.717, 1.165) is 11.1 Å². The quantitative estimate of drug-likeness (QED) is 0.685. The van der Waals surface area contributed by atoms with Gasteiger partial charge in [-0.1, -0.05) is 18.2 Å². The van der Waals surface area contributed by atoms with Crippen molar-refractivity contribution >= 4 is 16.9 Å². The van der Waals surface area contributed by atoms with Gasteiger partial charge in [0.05, 0.1) is 5.52 Å². The molecule has 18 heavy (non-hydrogen) atoms. The summed E-state index contributed by atoms with van der Waals surface area (Å²) in [5.74, 6) is 0.336. The van der Waals surface area contributed by atoms with Crippen LogP contribution in [-0.4, -0.2) is 37.0 Å². The van der Waals surface area contributed by atoms with Gasteiger partial charge in [-0.3, -0.25) is 0 Å². The number of nitrogens with two attached hydrogens (primary N) is 1. The van der Waals surface area contributed by atoms with Crippen molar-refractivity contribution in [3.8, 4) is 0 Å². The van der Waals surface area contributed by atoms with Gasteiger partial charge in [0.15, 0.2) is 0 Å². The molecule has 2 aromatic rings. The number of pyridine rings is 1. The molecule has 1 radical (unpaired) electrons. The number of aliphatic hydroxyl groups is 2. The van der Waals surface area contributed by atoms with Crippen LogP contribution in [0.1, 0.15) is 5.56 Å². The molecule has 0 fully saturated rings. The fourth-order valence-electron chi connectivity index (χ4n) is 1.60. The maximum atomic E-state index is 9.55. The summed E-state index contributed by atoms with van der Waals surface area (Å²) in [7, 11) is 0. The van der Waals surface area contributed by atoms with Crippen molar-refractivity contribution in [1.29, 1.82) is 0 Å². The number of aromatic nitrogens is 3. The van der Waals surface area contributed by atoms with Crippen molar-refractivity contribution in [2.24, 2.45) is 0 Å². The number of fused-ring (bicyclic) bond motifs is 1. The Labute approximate surface area is 130 Å². The molecular formula is C11H14N4O2Y-2. The molecule has 0 spiro atoms. The monoisotopic (exact) mass is 323 g/mol. The molecule has 0 aliphatic rings. The van der Waals surface area contributed by atoms with Crippen molar-refractivity contribution in [2.45, 2.75) is 19.1 Å². The molecule has 2 rings (SSSR count). The summed E-state index contributed by atoms with van der Waals surface area (Å²) in [5, 5.41) is 18.7. The van der Waals surface area contributed by atoms with Crippen LogP contribution < -0.4 is 5.73 Å². The normalized spacial score (nSPS) is 14.0. The molecule has 0 aliphatic heterocycles. The summed E-state index contributed by atoms with van der Waals surface area (Å²) in [6.45, 7) is 6.64. The Morgan fingerprint density at radius 2 is 2.11 bits per heavy atom. The van der Waals surface area contributed by atoms with E-state index < -0.39 is 12.2 Å². The minimum absolute atomic E-state index is 0. The second-order valence-electron chi connectivity index (χ2n) is 3.88. The zero-order valence-corrected chi connectivity index (χ0v) is 12.8. The van der Waals surface area contributed by atoms with Crippen LogP contribution in [0, 0.1) is 20.4 Å². The predicted molar refractivity (Wildman–Crippen MR) is 63.7 cm³/mol. The SMILES string of the molecule is [CH2-][C@@H](O)[C@@H](O)[CH-]n1cnc2c(N)ncc(C)c21.[Y]. The molecule has 4 N–H and O–H groups in total. The van der Waals surface area contributed by atoms with Gasteiger partial charge in [-0.2, -0.15) is 0 Å². The van der Waals surface area contributed by atoms with Gasteiger partial charge in [0, 0.05) is 45.0 Å². The maximum Gasteiger partial charge on any atom is 0.137 e. The molecular weight excluding hydrogens is 309 g/mol. The zero-order chi connectivity index (χ0) is 12.6. The van der Waals surface area contributed by atoms with Crippen LogP contribution in [0.3, 0.4) is 0 Å². The van der Waals surface area contributed by atoms with Gasteiger partial charge in [-0.15, -0.1) is 0 Å². The fraction of sp³-hybridized carbons (Fsp3) is 0.273. The number of rotatable bonds is 3. The Balaban J connectivity index is 0.00000162. The summed E-state index contributed by atoms with van der Waals surface area (Å²) in [6, 6.07) is 0. The van der Waals surface area contributed by atoms with E-state index in [1.54, 1.807) is 10.8 Å². The maximum absolute atomic E-state index is 9.55. The fourth-order valence-corrected chi connectivity index (χ4v) is 1.60. The van der Waals surface area contributed by atoms with Gasteiger partial charge in [0.1, 0.15) is 5.82 Å². The van der Waals surface area contributed by atoms with E-state index in [-0.39, 0.29) is 32.7 Å². The zero-order valence-electron chi connectivity index (χ0n) is 9.98. The predicted octanol–water partition coefficient (Wildman–Crippen LogP) is -0.115. The molecule has 95 valence electrons. The minimum Gasteiger partial charge on any atom is -0.466 e. The van der Waals surface area contributed by atoms with Crippen molar-refractivity contribution in [1.82, 2.24) is 14.5 Å². The Bertz CT molecular complexity index is 541. The number of nitrogens with zero attached hydrogens (tertiary/aromatic N) is 3. The molecule has 2 atom stereocenters. The molecule has 0 aliphatic carbocycles. The molecule has 0 bridgehead atoms. The van der Waals surface area contributed by atoms with Crippen LogP contribution >= 0.6 is 0 Å². The number of nitrogen functional groups attached to an aromatic ring is 1. The van der Waals surface area contributed by atoms with Gasteiger partial charge >= 0.3 is 0 Å². The first-order valence-electron chi connectivity index (χ1n) is 5.12. The average molecular weight is 323 g/mol. The average Bonchev–Trinajstić information content (AvgIpc) is 2.68. The first-order valence-corrected chi connectivity index (χ1v) is 5.12. The van der Waals surface area contributed by atoms with Gasteiger partial charge in [0.2, 0.25) is 0 Å². The number of hydrogen-bond acceptors (Lipinski definition) is 5. The Morgan fingerprint density at radius 3 is 2.72 bits per heavy atom. The molecule has 6 nitrogen and oxygen atoms in total. The Hall–Kier alpha value is -0.686. The molecule has 0 saturated heterocycles. The third-order valence-electron chi connectivity index (χ3n) is 2.51. The van der Waals surface area contributed by atoms with Gasteiger partial charge < -0.3 is 32.4 Å². The van der Waals surface area contributed by atoms with Crippen LogP contribution in [-0.2, 0) is 32.7 Å². The van der Waals surface area contributed by atoms with Crippen molar-refractivity contribution in [3.05, 3.63) is 31.6 Å². The van der Waals surface area contributed by atoms with Crippen LogP contribution in [0.15, 0.2) is 12.5 Å². The molecule has 0 saturated carbocycles. The van der Waals surface area contributed by atoms with E-state index in [1.165, 1.54) is 12.9 Å². The number of aliphatic hydroxyl groups excluding tert-OH is 2. The largest absolute Gasteiger partial charge is 0.466 e. The molecule has 0 amide bonds. The third kappa shape index (κ3) is 2.83. The second kappa shape index (κ2) is 5.97. The summed E-state index contributed by atoms with van der Waals surface area (Å²) >= 11 is 0. The van der Waals surface area contributed by atoms with Gasteiger partial charge in [-0.05, 0) is 18.8 Å². The van der Waals surface area contributed by atoms with E-state index >= 15 is 0 Å². The van der Waals surface area contributed by atoms with E-state index in [9.17, 15) is 5.11 Å². The number of anilines is 1. The van der Waals surface area contributed by atoms with E-state index in [1.807, 2.05) is 6.92 Å². The summed E-state index contributed by atoms with van der Waals surface area (Å²) < 4.78 is 1.61.